The molecule has 0 fully saturated rings. The first-order valence-electron chi connectivity index (χ1n) is 6.02. The number of halogens is 1. The van der Waals surface area contributed by atoms with Gasteiger partial charge in [0.2, 0.25) is 5.75 Å². The van der Waals surface area contributed by atoms with Crippen molar-refractivity contribution in [3.05, 3.63) is 33.3 Å². The van der Waals surface area contributed by atoms with Crippen LogP contribution in [0.1, 0.15) is 20.3 Å². The van der Waals surface area contributed by atoms with Gasteiger partial charge in [0.15, 0.2) is 0 Å². The molecule has 0 spiro atoms. The number of nitriles is 1. The molecular formula is C13H16ClN3O3. The summed E-state index contributed by atoms with van der Waals surface area (Å²) >= 11 is 5.95. The summed E-state index contributed by atoms with van der Waals surface area (Å²) in [6.07, 6.45) is -0.0479. The number of nitro groups is 1. The van der Waals surface area contributed by atoms with Gasteiger partial charge in [-0.3, -0.25) is 10.1 Å². The van der Waals surface area contributed by atoms with Crippen LogP contribution < -0.4 is 10.1 Å². The highest BCUT2D eigenvalue weighted by Crippen LogP contribution is 2.35. The summed E-state index contributed by atoms with van der Waals surface area (Å²) in [6, 6.07) is 6.48. The van der Waals surface area contributed by atoms with E-state index in [-0.39, 0.29) is 16.5 Å². The molecule has 108 valence electrons. The van der Waals surface area contributed by atoms with Crippen LogP contribution in [0.15, 0.2) is 18.2 Å². The zero-order valence-electron chi connectivity index (χ0n) is 11.5. The minimum Gasteiger partial charge on any atom is -0.483 e. The van der Waals surface area contributed by atoms with E-state index in [1.807, 2.05) is 0 Å². The molecule has 1 aromatic rings. The summed E-state index contributed by atoms with van der Waals surface area (Å²) in [5, 5.41) is 23.1. The lowest BCUT2D eigenvalue weighted by Crippen LogP contribution is -2.41. The van der Waals surface area contributed by atoms with Crippen LogP contribution in [0.5, 0.6) is 5.75 Å². The average Bonchev–Trinajstić information content (AvgIpc) is 2.40. The minimum atomic E-state index is -0.768. The molecule has 20 heavy (non-hydrogen) atoms. The van der Waals surface area contributed by atoms with Crippen LogP contribution in [-0.4, -0.2) is 23.6 Å². The van der Waals surface area contributed by atoms with Crippen LogP contribution in [0.25, 0.3) is 0 Å². The third kappa shape index (κ3) is 3.83. The first-order valence-corrected chi connectivity index (χ1v) is 6.40. The summed E-state index contributed by atoms with van der Waals surface area (Å²) in [4.78, 5) is 10.4. The van der Waals surface area contributed by atoms with Gasteiger partial charge in [0.05, 0.1) is 22.1 Å². The average molecular weight is 298 g/mol. The molecule has 1 aromatic carbocycles. The van der Waals surface area contributed by atoms with E-state index in [1.54, 1.807) is 20.9 Å². The molecule has 0 amide bonds. The number of nitrogens with one attached hydrogen (secondary N) is 1. The molecule has 0 aliphatic heterocycles. The maximum absolute atomic E-state index is 11.0. The van der Waals surface area contributed by atoms with E-state index in [2.05, 4.69) is 11.4 Å². The third-order valence-corrected chi connectivity index (χ3v) is 3.25. The largest absolute Gasteiger partial charge is 0.483 e. The molecule has 0 heterocycles. The highest BCUT2D eigenvalue weighted by atomic mass is 35.5. The Labute approximate surface area is 122 Å². The van der Waals surface area contributed by atoms with Crippen molar-refractivity contribution in [2.45, 2.75) is 31.9 Å². The molecule has 0 aliphatic rings. The van der Waals surface area contributed by atoms with Gasteiger partial charge in [-0.15, -0.1) is 0 Å². The number of para-hydroxylation sites is 1. The lowest BCUT2D eigenvalue weighted by Gasteiger charge is -2.25. The Kier molecular flexibility index (Phi) is 5.31. The quantitative estimate of drug-likeness (QED) is 0.644. The second-order valence-corrected chi connectivity index (χ2v) is 5.08. The van der Waals surface area contributed by atoms with E-state index in [0.717, 1.165) is 0 Å². The van der Waals surface area contributed by atoms with Crippen molar-refractivity contribution in [1.82, 2.24) is 5.32 Å². The van der Waals surface area contributed by atoms with Crippen molar-refractivity contribution in [2.75, 3.05) is 7.05 Å². The number of hydrogen-bond donors (Lipinski definition) is 1. The summed E-state index contributed by atoms with van der Waals surface area (Å²) in [7, 11) is 1.67. The van der Waals surface area contributed by atoms with Gasteiger partial charge in [-0.25, -0.2) is 0 Å². The van der Waals surface area contributed by atoms with Gasteiger partial charge in [0, 0.05) is 12.5 Å². The third-order valence-electron chi connectivity index (χ3n) is 2.96. The number of benzene rings is 1. The predicted octanol–water partition coefficient (Wildman–Crippen LogP) is 2.91. The van der Waals surface area contributed by atoms with E-state index in [1.165, 1.54) is 18.2 Å². The van der Waals surface area contributed by atoms with Gasteiger partial charge >= 0.3 is 5.69 Å². The highest BCUT2D eigenvalue weighted by molar-refractivity contribution is 6.32. The Morgan fingerprint density at radius 1 is 1.65 bits per heavy atom. The number of nitrogens with zero attached hydrogens (tertiary/aromatic N) is 2. The van der Waals surface area contributed by atoms with Crippen LogP contribution in [0, 0.1) is 21.4 Å². The molecule has 0 radical (unpaired) electrons. The molecule has 1 rings (SSSR count). The second-order valence-electron chi connectivity index (χ2n) is 4.67. The lowest BCUT2D eigenvalue weighted by atomic mass is 9.97. The Morgan fingerprint density at radius 3 is 2.80 bits per heavy atom. The Hall–Kier alpha value is -1.84. The molecule has 7 heteroatoms. The van der Waals surface area contributed by atoms with Gasteiger partial charge in [-0.05, 0) is 27.0 Å². The Morgan fingerprint density at radius 2 is 2.30 bits per heavy atom. The zero-order valence-corrected chi connectivity index (χ0v) is 12.3. The molecular weight excluding hydrogens is 282 g/mol. The van der Waals surface area contributed by atoms with Gasteiger partial charge < -0.3 is 10.1 Å². The molecule has 2 atom stereocenters. The fourth-order valence-electron chi connectivity index (χ4n) is 1.78. The molecule has 0 saturated heterocycles. The highest BCUT2D eigenvalue weighted by Gasteiger charge is 2.27. The Balaban J connectivity index is 2.94. The number of rotatable bonds is 6. The van der Waals surface area contributed by atoms with Gasteiger partial charge in [0.1, 0.15) is 5.54 Å². The maximum Gasteiger partial charge on any atom is 0.312 e. The first-order chi connectivity index (χ1) is 9.33. The van der Waals surface area contributed by atoms with Crippen LogP contribution in [0.2, 0.25) is 5.02 Å². The van der Waals surface area contributed by atoms with Crippen molar-refractivity contribution < 1.29 is 9.66 Å². The molecule has 1 N–H and O–H groups in total. The van der Waals surface area contributed by atoms with Crippen LogP contribution in [0.3, 0.4) is 0 Å². The van der Waals surface area contributed by atoms with Crippen LogP contribution >= 0.6 is 11.6 Å². The zero-order chi connectivity index (χ0) is 15.3. The maximum atomic E-state index is 11.0. The molecule has 2 unspecified atom stereocenters. The molecule has 0 aliphatic carbocycles. The van der Waals surface area contributed by atoms with Crippen molar-refractivity contribution >= 4 is 17.3 Å². The Bertz CT molecular complexity index is 544. The second kappa shape index (κ2) is 6.55. The summed E-state index contributed by atoms with van der Waals surface area (Å²) in [5.74, 6) is 0.0306. The fourth-order valence-corrected chi connectivity index (χ4v) is 1.99. The molecule has 6 nitrogen and oxygen atoms in total. The van der Waals surface area contributed by atoms with E-state index >= 15 is 0 Å². The number of ether oxygens (including phenoxy) is 1. The molecule has 0 aromatic heterocycles. The van der Waals surface area contributed by atoms with Crippen molar-refractivity contribution in [1.29, 1.82) is 5.26 Å². The fraction of sp³-hybridized carbons (Fsp3) is 0.462. The predicted molar refractivity (Wildman–Crippen MR) is 75.9 cm³/mol. The van der Waals surface area contributed by atoms with Crippen molar-refractivity contribution in [3.63, 3.8) is 0 Å². The topological polar surface area (TPSA) is 88.2 Å². The SMILES string of the molecule is CNC(C)(C#N)CC(C)Oc1c(Cl)cccc1[N+](=O)[O-]. The lowest BCUT2D eigenvalue weighted by molar-refractivity contribution is -0.386. The van der Waals surface area contributed by atoms with Gasteiger partial charge in [-0.1, -0.05) is 17.7 Å². The van der Waals surface area contributed by atoms with Crippen molar-refractivity contribution in [3.8, 4) is 11.8 Å². The van der Waals surface area contributed by atoms with Gasteiger partial charge in [0.25, 0.3) is 0 Å². The van der Waals surface area contributed by atoms with Gasteiger partial charge in [-0.2, -0.15) is 5.26 Å². The van der Waals surface area contributed by atoms with E-state index in [4.69, 9.17) is 21.6 Å². The number of nitro benzene ring substituents is 1. The number of hydrogen-bond acceptors (Lipinski definition) is 5. The van der Waals surface area contributed by atoms with E-state index < -0.39 is 16.6 Å². The molecule has 0 bridgehead atoms. The normalized spacial score (nSPS) is 14.9. The summed E-state index contributed by atoms with van der Waals surface area (Å²) in [5.41, 5.74) is -0.956. The standard InChI is InChI=1S/C13H16ClN3O3/c1-9(7-13(2,8-15)16-3)20-12-10(14)5-4-6-11(12)17(18)19/h4-6,9,16H,7H2,1-3H3. The van der Waals surface area contributed by atoms with E-state index in [0.29, 0.717) is 6.42 Å². The van der Waals surface area contributed by atoms with Crippen LogP contribution in [-0.2, 0) is 0 Å². The van der Waals surface area contributed by atoms with E-state index in [9.17, 15) is 10.1 Å². The van der Waals surface area contributed by atoms with Crippen molar-refractivity contribution in [2.24, 2.45) is 0 Å². The smallest absolute Gasteiger partial charge is 0.312 e. The minimum absolute atomic E-state index is 0.0306. The summed E-state index contributed by atoms with van der Waals surface area (Å²) in [6.45, 7) is 3.47. The summed E-state index contributed by atoms with van der Waals surface area (Å²) < 4.78 is 5.57. The molecule has 0 saturated carbocycles. The first kappa shape index (κ1) is 16.2. The van der Waals surface area contributed by atoms with Crippen LogP contribution in [0.4, 0.5) is 5.69 Å². The monoisotopic (exact) mass is 297 g/mol.